The highest BCUT2D eigenvalue weighted by Crippen LogP contribution is 2.38. The maximum absolute atomic E-state index is 8.90. The van der Waals surface area contributed by atoms with Crippen LogP contribution in [0.4, 0.5) is 11.6 Å². The number of nitrogens with two attached hydrogens (primary N) is 1. The summed E-state index contributed by atoms with van der Waals surface area (Å²) in [6, 6.07) is 1.79. The van der Waals surface area contributed by atoms with Crippen LogP contribution < -0.4 is 11.1 Å². The average molecular weight is 264 g/mol. The lowest BCUT2D eigenvalue weighted by atomic mass is 9.88. The molecule has 0 saturated heterocycles. The second kappa shape index (κ2) is 5.74. The van der Waals surface area contributed by atoms with Gasteiger partial charge in [-0.2, -0.15) is 0 Å². The number of nitrogens with zero attached hydrogens (tertiary/aromatic N) is 2. The molecule has 0 bridgehead atoms. The maximum Gasteiger partial charge on any atom is 0.136 e. The van der Waals surface area contributed by atoms with Crippen molar-refractivity contribution in [2.45, 2.75) is 45.4 Å². The van der Waals surface area contributed by atoms with Crippen LogP contribution in [0.15, 0.2) is 6.07 Å². The van der Waals surface area contributed by atoms with E-state index in [1.165, 1.54) is 12.8 Å². The molecule has 0 atom stereocenters. The fourth-order valence-corrected chi connectivity index (χ4v) is 2.08. The summed E-state index contributed by atoms with van der Waals surface area (Å²) in [5.74, 6) is 2.72. The Labute approximate surface area is 114 Å². The summed E-state index contributed by atoms with van der Waals surface area (Å²) in [6.07, 6.45) is 4.15. The smallest absolute Gasteiger partial charge is 0.136 e. The lowest BCUT2D eigenvalue weighted by Crippen LogP contribution is -2.24. The first-order valence-corrected chi connectivity index (χ1v) is 6.99. The van der Waals surface area contributed by atoms with Crippen LogP contribution in [0.5, 0.6) is 0 Å². The average Bonchev–Trinajstić information content (AvgIpc) is 3.18. The van der Waals surface area contributed by atoms with Gasteiger partial charge in [-0.25, -0.2) is 9.97 Å². The van der Waals surface area contributed by atoms with Gasteiger partial charge in [0.2, 0.25) is 0 Å². The van der Waals surface area contributed by atoms with Crippen LogP contribution in [0.3, 0.4) is 0 Å². The van der Waals surface area contributed by atoms with Crippen LogP contribution >= 0.6 is 0 Å². The van der Waals surface area contributed by atoms with Crippen molar-refractivity contribution in [3.8, 4) is 0 Å². The maximum atomic E-state index is 8.90. The molecule has 1 aromatic heterocycles. The Balaban J connectivity index is 1.95. The van der Waals surface area contributed by atoms with Crippen LogP contribution in [0.25, 0.3) is 0 Å². The molecular formula is C14H24N4O. The van der Waals surface area contributed by atoms with E-state index < -0.39 is 0 Å². The minimum Gasteiger partial charge on any atom is -0.396 e. The van der Waals surface area contributed by atoms with E-state index in [4.69, 9.17) is 10.8 Å². The molecule has 0 spiro atoms. The van der Waals surface area contributed by atoms with Crippen molar-refractivity contribution in [3.63, 3.8) is 0 Å². The molecule has 4 N–H and O–H groups in total. The molecule has 1 aliphatic carbocycles. The fraction of sp³-hybridized carbons (Fsp3) is 0.714. The lowest BCUT2D eigenvalue weighted by molar-refractivity contribution is 0.248. The zero-order valence-corrected chi connectivity index (χ0v) is 11.8. The topological polar surface area (TPSA) is 84.1 Å². The van der Waals surface area contributed by atoms with Gasteiger partial charge < -0.3 is 16.2 Å². The van der Waals surface area contributed by atoms with Gasteiger partial charge in [0, 0.05) is 25.1 Å². The summed E-state index contributed by atoms with van der Waals surface area (Å²) in [5.41, 5.74) is 5.95. The molecule has 19 heavy (non-hydrogen) atoms. The third kappa shape index (κ3) is 4.35. The lowest BCUT2D eigenvalue weighted by Gasteiger charge is -2.25. The monoisotopic (exact) mass is 264 g/mol. The van der Waals surface area contributed by atoms with E-state index in [0.29, 0.717) is 11.7 Å². The second-order valence-corrected chi connectivity index (χ2v) is 6.16. The first-order chi connectivity index (χ1) is 9.00. The minimum absolute atomic E-state index is 0.127. The quantitative estimate of drug-likeness (QED) is 0.702. The van der Waals surface area contributed by atoms with E-state index in [9.17, 15) is 0 Å². The van der Waals surface area contributed by atoms with Crippen molar-refractivity contribution >= 4 is 11.6 Å². The molecule has 106 valence electrons. The van der Waals surface area contributed by atoms with Crippen LogP contribution in [0.1, 0.15) is 51.3 Å². The molecule has 5 nitrogen and oxygen atoms in total. The van der Waals surface area contributed by atoms with Gasteiger partial charge in [0.15, 0.2) is 0 Å². The number of rotatable bonds is 7. The summed E-state index contributed by atoms with van der Waals surface area (Å²) in [6.45, 7) is 5.42. The summed E-state index contributed by atoms with van der Waals surface area (Å²) in [7, 11) is 0. The normalized spacial score (nSPS) is 15.5. The van der Waals surface area contributed by atoms with Crippen molar-refractivity contribution in [2.24, 2.45) is 5.41 Å². The molecule has 0 radical (unpaired) electrons. The van der Waals surface area contributed by atoms with E-state index in [1.54, 1.807) is 6.07 Å². The summed E-state index contributed by atoms with van der Waals surface area (Å²) < 4.78 is 0. The third-order valence-electron chi connectivity index (χ3n) is 3.47. The van der Waals surface area contributed by atoms with Crippen LogP contribution in [0.2, 0.25) is 0 Å². The fourth-order valence-electron chi connectivity index (χ4n) is 2.08. The highest BCUT2D eigenvalue weighted by molar-refractivity contribution is 5.45. The van der Waals surface area contributed by atoms with Crippen molar-refractivity contribution < 1.29 is 5.11 Å². The van der Waals surface area contributed by atoms with Gasteiger partial charge in [-0.1, -0.05) is 13.8 Å². The number of hydrogen-bond acceptors (Lipinski definition) is 5. The van der Waals surface area contributed by atoms with Gasteiger partial charge in [-0.05, 0) is 31.1 Å². The Bertz CT molecular complexity index is 429. The van der Waals surface area contributed by atoms with E-state index in [2.05, 4.69) is 29.1 Å². The number of aliphatic hydroxyl groups is 1. The number of hydrogen-bond donors (Lipinski definition) is 3. The molecule has 1 saturated carbocycles. The second-order valence-electron chi connectivity index (χ2n) is 6.16. The highest BCUT2D eigenvalue weighted by atomic mass is 16.2. The first-order valence-electron chi connectivity index (χ1n) is 6.99. The minimum atomic E-state index is 0.127. The molecule has 5 heteroatoms. The van der Waals surface area contributed by atoms with Gasteiger partial charge in [0.1, 0.15) is 17.5 Å². The van der Waals surface area contributed by atoms with Gasteiger partial charge in [0.25, 0.3) is 0 Å². The molecular weight excluding hydrogens is 240 g/mol. The van der Waals surface area contributed by atoms with E-state index >= 15 is 0 Å². The molecule has 1 aromatic rings. The molecule has 0 aliphatic heterocycles. The molecule has 0 aromatic carbocycles. The van der Waals surface area contributed by atoms with E-state index in [-0.39, 0.29) is 12.0 Å². The Morgan fingerprint density at radius 2 is 2.16 bits per heavy atom. The number of nitrogens with one attached hydrogen (secondary N) is 1. The Morgan fingerprint density at radius 1 is 1.42 bits per heavy atom. The number of aliphatic hydroxyl groups excluding tert-OH is 1. The van der Waals surface area contributed by atoms with Crippen molar-refractivity contribution in [1.29, 1.82) is 0 Å². The van der Waals surface area contributed by atoms with Gasteiger partial charge in [0.05, 0.1) is 0 Å². The largest absolute Gasteiger partial charge is 0.396 e. The Hall–Kier alpha value is -1.36. The van der Waals surface area contributed by atoms with Crippen LogP contribution in [-0.4, -0.2) is 28.2 Å². The standard InChI is InChI=1S/C14H24N4O/c1-14(2,6-3-7-19)9-16-12-8-11(15)17-13(18-12)10-4-5-10/h8,10,19H,3-7,9H2,1-2H3,(H3,15,16,17,18). The predicted molar refractivity (Wildman–Crippen MR) is 77.0 cm³/mol. The molecule has 2 rings (SSSR count). The third-order valence-corrected chi connectivity index (χ3v) is 3.47. The zero-order valence-electron chi connectivity index (χ0n) is 11.8. The highest BCUT2D eigenvalue weighted by Gasteiger charge is 2.27. The summed E-state index contributed by atoms with van der Waals surface area (Å²) >= 11 is 0. The predicted octanol–water partition coefficient (Wildman–Crippen LogP) is 2.15. The number of anilines is 2. The van der Waals surface area contributed by atoms with Gasteiger partial charge >= 0.3 is 0 Å². The first kappa shape index (κ1) is 14.1. The number of aromatic nitrogens is 2. The van der Waals surface area contributed by atoms with E-state index in [1.807, 2.05) is 0 Å². The molecule has 1 aliphatic rings. The molecule has 1 heterocycles. The Morgan fingerprint density at radius 3 is 2.79 bits per heavy atom. The zero-order chi connectivity index (χ0) is 13.9. The number of nitrogen functional groups attached to an aromatic ring is 1. The van der Waals surface area contributed by atoms with Crippen molar-refractivity contribution in [2.75, 3.05) is 24.2 Å². The molecule has 1 fully saturated rings. The SMILES string of the molecule is CC(C)(CCCO)CNc1cc(N)nc(C2CC2)n1. The Kier molecular flexibility index (Phi) is 4.24. The van der Waals surface area contributed by atoms with Gasteiger partial charge in [-0.3, -0.25) is 0 Å². The molecule has 0 unspecified atom stereocenters. The summed E-state index contributed by atoms with van der Waals surface area (Å²) in [5, 5.41) is 12.2. The molecule has 0 amide bonds. The van der Waals surface area contributed by atoms with Crippen LogP contribution in [-0.2, 0) is 0 Å². The van der Waals surface area contributed by atoms with Gasteiger partial charge in [-0.15, -0.1) is 0 Å². The van der Waals surface area contributed by atoms with E-state index in [0.717, 1.165) is 31.0 Å². The summed E-state index contributed by atoms with van der Waals surface area (Å²) in [4.78, 5) is 8.81. The van der Waals surface area contributed by atoms with Crippen molar-refractivity contribution in [3.05, 3.63) is 11.9 Å². The van der Waals surface area contributed by atoms with Crippen molar-refractivity contribution in [1.82, 2.24) is 9.97 Å². The van der Waals surface area contributed by atoms with Crippen LogP contribution in [0, 0.1) is 5.41 Å².